The van der Waals surface area contributed by atoms with Gasteiger partial charge >= 0.3 is 0 Å². The molecule has 9 heteroatoms. The first-order valence-corrected chi connectivity index (χ1v) is 9.85. The highest BCUT2D eigenvalue weighted by atomic mass is 19.1. The third kappa shape index (κ3) is 4.11. The maximum Gasteiger partial charge on any atom is 0.255 e. The molecular formula is C23H19FN6O2. The zero-order chi connectivity index (χ0) is 22.7. The number of hydrogen-bond acceptors (Lipinski definition) is 6. The number of carbonyl (C=O) groups excluding carboxylic acids is 1. The van der Waals surface area contributed by atoms with Gasteiger partial charge in [-0.25, -0.2) is 4.39 Å². The van der Waals surface area contributed by atoms with Crippen molar-refractivity contribution in [1.29, 1.82) is 5.26 Å². The standard InChI is InChI=1S/C23H19FN6O2/c1-3-32-20-7-16(11-27-22(20)15-4-14(8-25)5-19(24)6-15)23(31)30(2)13-18-10-26-9-17-12-28-29-21(17)18/h4-7,9-12H,3,13H2,1-2H3,(H,28,29). The van der Waals surface area contributed by atoms with E-state index in [-0.39, 0.29) is 11.5 Å². The van der Waals surface area contributed by atoms with E-state index in [9.17, 15) is 9.18 Å². The molecule has 0 unspecified atom stereocenters. The van der Waals surface area contributed by atoms with E-state index in [1.807, 2.05) is 6.07 Å². The lowest BCUT2D eigenvalue weighted by Crippen LogP contribution is -2.26. The van der Waals surface area contributed by atoms with Crippen LogP contribution in [0.4, 0.5) is 4.39 Å². The number of aromatic nitrogens is 4. The molecule has 160 valence electrons. The van der Waals surface area contributed by atoms with Crippen molar-refractivity contribution in [2.45, 2.75) is 13.5 Å². The van der Waals surface area contributed by atoms with Crippen LogP contribution in [0.3, 0.4) is 0 Å². The molecule has 0 fully saturated rings. The normalized spacial score (nSPS) is 10.7. The van der Waals surface area contributed by atoms with Crippen LogP contribution in [0.1, 0.15) is 28.4 Å². The van der Waals surface area contributed by atoms with Crippen molar-refractivity contribution < 1.29 is 13.9 Å². The molecule has 0 aliphatic carbocycles. The van der Waals surface area contributed by atoms with Crippen LogP contribution in [0.5, 0.6) is 5.75 Å². The summed E-state index contributed by atoms with van der Waals surface area (Å²) < 4.78 is 19.6. The molecule has 1 aromatic carbocycles. The summed E-state index contributed by atoms with van der Waals surface area (Å²) in [6, 6.07) is 7.45. The molecule has 0 saturated heterocycles. The Morgan fingerprint density at radius 2 is 2.06 bits per heavy atom. The lowest BCUT2D eigenvalue weighted by molar-refractivity contribution is 0.0784. The molecule has 0 saturated carbocycles. The van der Waals surface area contributed by atoms with Gasteiger partial charge in [-0.05, 0) is 31.2 Å². The first-order valence-electron chi connectivity index (χ1n) is 9.85. The number of aromatic amines is 1. The highest BCUT2D eigenvalue weighted by Crippen LogP contribution is 2.30. The second-order valence-electron chi connectivity index (χ2n) is 7.14. The van der Waals surface area contributed by atoms with Gasteiger partial charge < -0.3 is 9.64 Å². The zero-order valence-electron chi connectivity index (χ0n) is 17.5. The molecule has 0 atom stereocenters. The summed E-state index contributed by atoms with van der Waals surface area (Å²) >= 11 is 0. The Hall–Kier alpha value is -4.32. The average Bonchev–Trinajstić information content (AvgIpc) is 3.28. The van der Waals surface area contributed by atoms with E-state index >= 15 is 0 Å². The van der Waals surface area contributed by atoms with Crippen LogP contribution in [0, 0.1) is 17.1 Å². The van der Waals surface area contributed by atoms with Gasteiger partial charge in [0, 0.05) is 48.7 Å². The maximum absolute atomic E-state index is 13.9. The maximum atomic E-state index is 13.9. The Kier molecular flexibility index (Phi) is 5.77. The van der Waals surface area contributed by atoms with Gasteiger partial charge in [0.05, 0.1) is 35.5 Å². The minimum absolute atomic E-state index is 0.172. The number of benzene rings is 1. The number of carbonyl (C=O) groups is 1. The van der Waals surface area contributed by atoms with Gasteiger partial charge in [-0.1, -0.05) is 0 Å². The molecule has 3 aromatic heterocycles. The molecule has 1 amide bonds. The fourth-order valence-electron chi connectivity index (χ4n) is 3.42. The first-order chi connectivity index (χ1) is 15.5. The molecule has 0 spiro atoms. The fourth-order valence-corrected chi connectivity index (χ4v) is 3.42. The number of nitriles is 1. The number of nitrogens with one attached hydrogen (secondary N) is 1. The second kappa shape index (κ2) is 8.81. The van der Waals surface area contributed by atoms with Crippen molar-refractivity contribution in [2.24, 2.45) is 0 Å². The molecule has 0 aliphatic heterocycles. The number of fused-ring (bicyclic) bond motifs is 1. The number of pyridine rings is 2. The molecule has 4 aromatic rings. The summed E-state index contributed by atoms with van der Waals surface area (Å²) in [4.78, 5) is 23.2. The third-order valence-electron chi connectivity index (χ3n) is 4.89. The Morgan fingerprint density at radius 1 is 1.22 bits per heavy atom. The molecule has 4 rings (SSSR count). The van der Waals surface area contributed by atoms with Crippen LogP contribution in [0.2, 0.25) is 0 Å². The number of nitrogens with zero attached hydrogens (tertiary/aromatic N) is 5. The fraction of sp³-hybridized carbons (Fsp3) is 0.174. The van der Waals surface area contributed by atoms with E-state index in [4.69, 9.17) is 10.00 Å². The van der Waals surface area contributed by atoms with Crippen LogP contribution in [-0.2, 0) is 6.54 Å². The topological polar surface area (TPSA) is 108 Å². The Bertz CT molecular complexity index is 1340. The highest BCUT2D eigenvalue weighted by molar-refractivity contribution is 5.95. The SMILES string of the molecule is CCOc1cc(C(=O)N(C)Cc2cncc3cn[nH]c23)cnc1-c1cc(F)cc(C#N)c1. The van der Waals surface area contributed by atoms with Gasteiger partial charge in [-0.3, -0.25) is 19.9 Å². The Labute approximate surface area is 183 Å². The summed E-state index contributed by atoms with van der Waals surface area (Å²) in [5.41, 5.74) is 2.90. The molecule has 8 nitrogen and oxygen atoms in total. The van der Waals surface area contributed by atoms with E-state index in [2.05, 4.69) is 20.2 Å². The van der Waals surface area contributed by atoms with Crippen LogP contribution in [0.25, 0.3) is 22.2 Å². The van der Waals surface area contributed by atoms with E-state index in [0.29, 0.717) is 35.7 Å². The molecule has 0 bridgehead atoms. The zero-order valence-corrected chi connectivity index (χ0v) is 17.5. The van der Waals surface area contributed by atoms with Crippen LogP contribution < -0.4 is 4.74 Å². The van der Waals surface area contributed by atoms with E-state index in [1.165, 1.54) is 18.3 Å². The summed E-state index contributed by atoms with van der Waals surface area (Å²) in [6.07, 6.45) is 6.48. The lowest BCUT2D eigenvalue weighted by atomic mass is 10.1. The van der Waals surface area contributed by atoms with Crippen molar-refractivity contribution in [2.75, 3.05) is 13.7 Å². The van der Waals surface area contributed by atoms with E-state index < -0.39 is 5.82 Å². The van der Waals surface area contributed by atoms with Crippen molar-refractivity contribution >= 4 is 16.8 Å². The smallest absolute Gasteiger partial charge is 0.255 e. The third-order valence-corrected chi connectivity index (χ3v) is 4.89. The van der Waals surface area contributed by atoms with Crippen LogP contribution >= 0.6 is 0 Å². The second-order valence-corrected chi connectivity index (χ2v) is 7.14. The number of ether oxygens (including phenoxy) is 1. The number of amides is 1. The summed E-state index contributed by atoms with van der Waals surface area (Å²) in [6.45, 7) is 2.44. The van der Waals surface area contributed by atoms with Crippen molar-refractivity contribution in [3.8, 4) is 23.1 Å². The predicted octanol–water partition coefficient (Wildman–Crippen LogP) is 3.70. The molecule has 0 radical (unpaired) electrons. The van der Waals surface area contributed by atoms with Crippen LogP contribution in [-0.4, -0.2) is 44.6 Å². The summed E-state index contributed by atoms with van der Waals surface area (Å²) in [7, 11) is 1.68. The molecule has 0 aliphatic rings. The van der Waals surface area contributed by atoms with Gasteiger partial charge in [0.2, 0.25) is 0 Å². The largest absolute Gasteiger partial charge is 0.492 e. The predicted molar refractivity (Wildman–Crippen MR) is 115 cm³/mol. The van der Waals surface area contributed by atoms with Gasteiger partial charge in [-0.15, -0.1) is 0 Å². The molecular weight excluding hydrogens is 411 g/mol. The summed E-state index contributed by atoms with van der Waals surface area (Å²) in [5.74, 6) is -0.484. The van der Waals surface area contributed by atoms with Crippen LogP contribution in [0.15, 0.2) is 49.1 Å². The molecule has 3 heterocycles. The van der Waals surface area contributed by atoms with Gasteiger partial charge in [-0.2, -0.15) is 10.4 Å². The number of H-pyrrole nitrogens is 1. The Morgan fingerprint density at radius 3 is 2.84 bits per heavy atom. The molecule has 1 N–H and O–H groups in total. The monoisotopic (exact) mass is 430 g/mol. The van der Waals surface area contributed by atoms with Gasteiger partial charge in [0.15, 0.2) is 0 Å². The highest BCUT2D eigenvalue weighted by Gasteiger charge is 2.18. The average molecular weight is 430 g/mol. The van der Waals surface area contributed by atoms with Crippen molar-refractivity contribution in [3.05, 3.63) is 71.6 Å². The van der Waals surface area contributed by atoms with Crippen molar-refractivity contribution in [1.82, 2.24) is 25.1 Å². The summed E-state index contributed by atoms with van der Waals surface area (Å²) in [5, 5.41) is 16.9. The van der Waals surface area contributed by atoms with Gasteiger partial charge in [0.1, 0.15) is 17.3 Å². The quantitative estimate of drug-likeness (QED) is 0.500. The number of rotatable bonds is 6. The Balaban J connectivity index is 1.64. The number of halogens is 1. The minimum atomic E-state index is -0.551. The van der Waals surface area contributed by atoms with E-state index in [1.54, 1.807) is 43.5 Å². The van der Waals surface area contributed by atoms with Crippen molar-refractivity contribution in [3.63, 3.8) is 0 Å². The number of hydrogen-bond donors (Lipinski definition) is 1. The van der Waals surface area contributed by atoms with E-state index in [0.717, 1.165) is 22.5 Å². The minimum Gasteiger partial charge on any atom is -0.492 e. The molecule has 32 heavy (non-hydrogen) atoms. The van der Waals surface area contributed by atoms with Gasteiger partial charge in [0.25, 0.3) is 5.91 Å². The lowest BCUT2D eigenvalue weighted by Gasteiger charge is -2.18. The first kappa shape index (κ1) is 20.9.